The van der Waals surface area contributed by atoms with E-state index in [1.807, 2.05) is 12.2 Å². The molecule has 6 aromatic carbocycles. The van der Waals surface area contributed by atoms with E-state index in [1.165, 1.54) is 45.7 Å². The number of ether oxygens (including phenoxy) is 4. The summed E-state index contributed by atoms with van der Waals surface area (Å²) < 4.78 is 56.3. The minimum absolute atomic E-state index is 0. The molecule has 70 heavy (non-hydrogen) atoms. The van der Waals surface area contributed by atoms with Crippen molar-refractivity contribution < 1.29 is 75.5 Å². The molecule has 0 aromatic heterocycles. The largest absolute Gasteiger partial charge is 0.673 e. The molecule has 0 aliphatic carbocycles. The summed E-state index contributed by atoms with van der Waals surface area (Å²) in [6, 6.07) is 68.3. The van der Waals surface area contributed by atoms with Gasteiger partial charge in [-0.05, 0) is 60.2 Å². The van der Waals surface area contributed by atoms with Crippen molar-refractivity contribution in [3.05, 3.63) is 205 Å². The van der Waals surface area contributed by atoms with Crippen LogP contribution in [-0.2, 0) is 58.2 Å². The van der Waals surface area contributed by atoms with Crippen LogP contribution in [0.5, 0.6) is 0 Å². The molecule has 0 bridgehead atoms. The molecule has 0 saturated heterocycles. The third-order valence-electron chi connectivity index (χ3n) is 8.08. The monoisotopic (exact) mass is 1170 g/mol. The molecule has 6 aromatic rings. The molecular formula is C52H49BF4IrN2O8P2-2. The number of hydrogen-bond donors (Lipinski definition) is 0. The smallest absolute Gasteiger partial charge is 0.531 e. The van der Waals surface area contributed by atoms with Crippen LogP contribution in [0.1, 0.15) is 13.8 Å². The first-order valence-corrected chi connectivity index (χ1v) is 23.1. The van der Waals surface area contributed by atoms with Crippen LogP contribution in [0.25, 0.3) is 0 Å². The van der Waals surface area contributed by atoms with Crippen LogP contribution < -0.4 is 31.8 Å². The summed E-state index contributed by atoms with van der Waals surface area (Å²) in [5.74, 6) is -4.32. The third-order valence-corrected chi connectivity index (χ3v) is 13.3. The summed E-state index contributed by atoms with van der Waals surface area (Å²) in [6.07, 6.45) is 3.87. The van der Waals surface area contributed by atoms with Gasteiger partial charge in [0.2, 0.25) is 0 Å². The standard InChI is InChI=1S/2C18H15P.C12H12O8.2C2H3N.BF4.Ir/c2*1-4-10-16(11-5-1)19(17-12-6-2-7-13-17)18-14-8-3-9-15-18;1-17-9(13)5-7(11(15)19-3)8(12(16)20-4)6-10(14)18-2;2*1-2-3;2-1(3,4)5;/h2*1-15H;1-4H3;2*1H3;;/q;;-2;;;-1;/p+1. The molecule has 0 fully saturated rings. The Morgan fingerprint density at radius 2 is 0.657 bits per heavy atom. The number of nitrogens with zero attached hydrogens (tertiary/aromatic N) is 2. The third kappa shape index (κ3) is 25.4. The summed E-state index contributed by atoms with van der Waals surface area (Å²) in [5.41, 5.74) is -1.34. The minimum Gasteiger partial charge on any atom is -0.531 e. The van der Waals surface area contributed by atoms with E-state index in [9.17, 15) is 36.4 Å². The molecule has 18 heteroatoms. The second-order valence-corrected chi connectivity index (χ2v) is 17.4. The molecule has 0 aliphatic rings. The summed E-state index contributed by atoms with van der Waals surface area (Å²) in [7, 11) is -3.23. The number of hydrogen-bond acceptors (Lipinski definition) is 10. The van der Waals surface area contributed by atoms with Gasteiger partial charge in [-0.1, -0.05) is 146 Å². The number of carbonyl (C=O) groups excluding carboxylic acids is 4. The van der Waals surface area contributed by atoms with E-state index in [2.05, 4.69) is 201 Å². The van der Waals surface area contributed by atoms with Gasteiger partial charge in [-0.2, -0.15) is 10.5 Å². The first-order chi connectivity index (χ1) is 33.1. The Labute approximate surface area is 422 Å². The molecule has 367 valence electrons. The van der Waals surface area contributed by atoms with Crippen molar-refractivity contribution in [3.8, 4) is 12.1 Å². The zero-order chi connectivity index (χ0) is 51.5. The van der Waals surface area contributed by atoms with Crippen molar-refractivity contribution >= 4 is 78.8 Å². The number of methoxy groups -OCH3 is 4. The summed E-state index contributed by atoms with van der Waals surface area (Å²) in [4.78, 5) is 45.4. The van der Waals surface area contributed by atoms with Crippen molar-refractivity contribution in [1.29, 1.82) is 10.5 Å². The van der Waals surface area contributed by atoms with Crippen LogP contribution in [0, 0.1) is 34.8 Å². The van der Waals surface area contributed by atoms with Crippen LogP contribution in [0.4, 0.5) is 17.3 Å². The predicted molar refractivity (Wildman–Crippen MR) is 266 cm³/mol. The van der Waals surface area contributed by atoms with Gasteiger partial charge >= 0.3 is 7.25 Å². The van der Waals surface area contributed by atoms with E-state index in [1.54, 1.807) is 12.1 Å². The predicted octanol–water partition coefficient (Wildman–Crippen LogP) is 8.12. The van der Waals surface area contributed by atoms with Gasteiger partial charge in [0.15, 0.2) is 11.9 Å². The van der Waals surface area contributed by atoms with Crippen LogP contribution in [-0.4, -0.2) is 59.6 Å². The molecule has 0 aliphatic heterocycles. The maximum atomic E-state index is 11.5. The fourth-order valence-electron chi connectivity index (χ4n) is 5.43. The first-order valence-electron chi connectivity index (χ1n) is 20.2. The Balaban J connectivity index is 0.000000914. The summed E-state index contributed by atoms with van der Waals surface area (Å²) in [5, 5.41) is 23.1. The molecule has 0 unspecified atom stereocenters. The number of halogens is 4. The van der Waals surface area contributed by atoms with Gasteiger partial charge in [0.1, 0.15) is 15.9 Å². The van der Waals surface area contributed by atoms with Crippen LogP contribution >= 0.6 is 15.8 Å². The summed E-state index contributed by atoms with van der Waals surface area (Å²) in [6.45, 7) is 2.86. The molecule has 0 N–H and O–H groups in total. The van der Waals surface area contributed by atoms with Crippen molar-refractivity contribution in [2.24, 2.45) is 0 Å². The van der Waals surface area contributed by atoms with Crippen molar-refractivity contribution in [2.75, 3.05) is 28.4 Å². The van der Waals surface area contributed by atoms with E-state index in [-0.39, 0.29) is 20.1 Å². The second-order valence-electron chi connectivity index (χ2n) is 12.7. The first kappa shape index (κ1) is 63.0. The normalized spacial score (nSPS) is 10.1. The van der Waals surface area contributed by atoms with Crippen molar-refractivity contribution in [2.45, 2.75) is 13.8 Å². The van der Waals surface area contributed by atoms with E-state index in [0.29, 0.717) is 0 Å². The van der Waals surface area contributed by atoms with Gasteiger partial charge in [0, 0.05) is 34.0 Å². The van der Waals surface area contributed by atoms with Crippen LogP contribution in [0.15, 0.2) is 193 Å². The second kappa shape index (κ2) is 36.9. The minimum atomic E-state index is -6.00. The molecule has 0 amide bonds. The topological polar surface area (TPSA) is 153 Å². The zero-order valence-corrected chi connectivity index (χ0v) is 43.1. The van der Waals surface area contributed by atoms with E-state index in [4.69, 9.17) is 10.5 Å². The number of nitriles is 2. The van der Waals surface area contributed by atoms with Gasteiger partial charge in [0.05, 0.1) is 48.5 Å². The van der Waals surface area contributed by atoms with Gasteiger partial charge in [0.25, 0.3) is 11.9 Å². The molecular weight excluding hydrogens is 1120 g/mol. The van der Waals surface area contributed by atoms with Gasteiger partial charge in [-0.3, -0.25) is 9.59 Å². The SMILES string of the molecule is CC#N.CC#N.COC(=O)[C-]=C(C(=O)OC)C(=[C-]C(=O)OC)C(=O)OC.F[B-](F)(F)F.[Ir].c1ccc(P(c2ccccc2)c2ccccc2)cc1.c1ccc([PH+](c2ccccc2)c2ccccc2)cc1. The van der Waals surface area contributed by atoms with Crippen molar-refractivity contribution in [1.82, 2.24) is 0 Å². The Hall–Kier alpha value is -7.05. The Bertz CT molecular complexity index is 2210. The molecule has 0 spiro atoms. The Kier molecular flexibility index (Phi) is 33.2. The fourth-order valence-corrected chi connectivity index (χ4v) is 10.3. The number of carbonyl (C=O) groups is 4. The van der Waals surface area contributed by atoms with E-state index < -0.39 is 58.1 Å². The van der Waals surface area contributed by atoms with Gasteiger partial charge in [-0.15, -0.1) is 12.2 Å². The molecule has 1 radical (unpaired) electrons. The average molecular weight is 1170 g/mol. The van der Waals surface area contributed by atoms with Gasteiger partial charge < -0.3 is 45.8 Å². The molecule has 0 heterocycles. The average Bonchev–Trinajstić information content (AvgIpc) is 3.37. The van der Waals surface area contributed by atoms with E-state index >= 15 is 0 Å². The maximum Gasteiger partial charge on any atom is 0.673 e. The maximum absolute atomic E-state index is 11.5. The number of rotatable bonds is 11. The molecule has 0 atom stereocenters. The van der Waals surface area contributed by atoms with Crippen molar-refractivity contribution in [3.63, 3.8) is 0 Å². The quantitative estimate of drug-likeness (QED) is 0.0182. The molecule has 6 rings (SSSR count). The van der Waals surface area contributed by atoms with Crippen LogP contribution in [0.3, 0.4) is 0 Å². The molecule has 10 nitrogen and oxygen atoms in total. The van der Waals surface area contributed by atoms with Gasteiger partial charge in [-0.25, -0.2) is 11.1 Å². The van der Waals surface area contributed by atoms with E-state index in [0.717, 1.165) is 28.4 Å². The number of benzene rings is 6. The Morgan fingerprint density at radius 1 is 0.457 bits per heavy atom. The zero-order valence-electron chi connectivity index (χ0n) is 38.9. The Morgan fingerprint density at radius 3 is 0.843 bits per heavy atom. The number of esters is 4. The molecule has 0 saturated carbocycles. The summed E-state index contributed by atoms with van der Waals surface area (Å²) >= 11 is 0. The fraction of sp³-hybridized carbons (Fsp3) is 0.115. The van der Waals surface area contributed by atoms with Crippen LogP contribution in [0.2, 0.25) is 0 Å².